The largest absolute Gasteiger partial charge is 0.488 e. The minimum absolute atomic E-state index is 0.0680. The summed E-state index contributed by atoms with van der Waals surface area (Å²) in [5.41, 5.74) is 1.36. The van der Waals surface area contributed by atoms with Crippen LogP contribution >= 0.6 is 0 Å². The van der Waals surface area contributed by atoms with Crippen molar-refractivity contribution in [1.82, 2.24) is 14.4 Å². The molecular weight excluding hydrogens is 569 g/mol. The smallest absolute Gasteiger partial charge is 0.323 e. The molecule has 2 heterocycles. The van der Waals surface area contributed by atoms with Crippen LogP contribution in [0.1, 0.15) is 35.7 Å². The van der Waals surface area contributed by atoms with Gasteiger partial charge in [-0.15, -0.1) is 0 Å². The average molecular weight is 604 g/mol. The van der Waals surface area contributed by atoms with Gasteiger partial charge in [-0.3, -0.25) is 4.79 Å². The fraction of sp³-hybridized carbons (Fsp3) is 0.393. The highest BCUT2D eigenvalue weighted by atomic mass is 32.2. The van der Waals surface area contributed by atoms with Gasteiger partial charge in [0.15, 0.2) is 5.76 Å². The van der Waals surface area contributed by atoms with Crippen molar-refractivity contribution in [3.63, 3.8) is 0 Å². The summed E-state index contributed by atoms with van der Waals surface area (Å²) in [6, 6.07) is 7.96. The number of nitrogens with one attached hydrogen (secondary N) is 2. The first-order chi connectivity index (χ1) is 19.8. The number of carbonyl (C=O) groups excluding carboxylic acids is 2. The Kier molecular flexibility index (Phi) is 9.18. The summed E-state index contributed by atoms with van der Waals surface area (Å²) < 4.78 is 52.2. The third-order valence-electron chi connectivity index (χ3n) is 7.15. The Labute approximate surface area is 243 Å². The molecule has 0 saturated heterocycles. The number of hydrogen-bond donors (Lipinski definition) is 3. The number of hydrogen-bond acceptors (Lipinski definition) is 8. The minimum Gasteiger partial charge on any atom is -0.488 e. The van der Waals surface area contributed by atoms with Gasteiger partial charge in [0.2, 0.25) is 10.0 Å². The van der Waals surface area contributed by atoms with Gasteiger partial charge < -0.3 is 29.9 Å². The van der Waals surface area contributed by atoms with E-state index in [1.165, 1.54) is 36.2 Å². The van der Waals surface area contributed by atoms with E-state index in [-0.39, 0.29) is 41.8 Å². The predicted molar refractivity (Wildman–Crippen MR) is 152 cm³/mol. The molecule has 0 spiro atoms. The molecule has 0 unspecified atom stereocenters. The highest BCUT2D eigenvalue weighted by Gasteiger charge is 2.35. The number of aliphatic hydroxyl groups is 1. The molecule has 226 valence electrons. The molecule has 0 bridgehead atoms. The topological polar surface area (TPSA) is 154 Å². The van der Waals surface area contributed by atoms with Crippen molar-refractivity contribution in [2.24, 2.45) is 5.92 Å². The first kappa shape index (κ1) is 30.9. The van der Waals surface area contributed by atoms with Crippen LogP contribution in [0.15, 0.2) is 51.9 Å². The summed E-state index contributed by atoms with van der Waals surface area (Å²) in [6.45, 7) is 6.67. The van der Waals surface area contributed by atoms with E-state index in [0.717, 1.165) is 16.4 Å². The van der Waals surface area contributed by atoms with E-state index < -0.39 is 39.9 Å². The molecule has 0 saturated carbocycles. The van der Waals surface area contributed by atoms with Crippen molar-refractivity contribution < 1.29 is 36.8 Å². The quantitative estimate of drug-likeness (QED) is 0.353. The number of urea groups is 1. The highest BCUT2D eigenvalue weighted by Crippen LogP contribution is 2.31. The summed E-state index contributed by atoms with van der Waals surface area (Å²) in [6.07, 6.45) is -0.702. The predicted octanol–water partition coefficient (Wildman–Crippen LogP) is 3.62. The average Bonchev–Trinajstić information content (AvgIpc) is 3.26. The van der Waals surface area contributed by atoms with Gasteiger partial charge in [0, 0.05) is 25.2 Å². The van der Waals surface area contributed by atoms with Crippen LogP contribution in [0.4, 0.5) is 20.6 Å². The molecule has 4 rings (SSSR count). The van der Waals surface area contributed by atoms with Crippen LogP contribution in [0.25, 0.3) is 0 Å². The second kappa shape index (κ2) is 12.5. The number of anilines is 2. The maximum atomic E-state index is 13.7. The van der Waals surface area contributed by atoms with Gasteiger partial charge in [0.1, 0.15) is 29.1 Å². The maximum Gasteiger partial charge on any atom is 0.323 e. The number of amides is 3. The van der Waals surface area contributed by atoms with E-state index in [0.29, 0.717) is 22.8 Å². The van der Waals surface area contributed by atoms with Gasteiger partial charge >= 0.3 is 6.03 Å². The van der Waals surface area contributed by atoms with Gasteiger partial charge in [-0.05, 0) is 63.2 Å². The number of likely N-dealkylation sites (N-methyl/N-ethyl adjacent to an activating group) is 1. The molecule has 0 aliphatic carbocycles. The Morgan fingerprint density at radius 3 is 2.52 bits per heavy atom. The monoisotopic (exact) mass is 603 g/mol. The summed E-state index contributed by atoms with van der Waals surface area (Å²) in [7, 11) is -2.57. The molecule has 42 heavy (non-hydrogen) atoms. The Balaban J connectivity index is 1.62. The number of aryl methyl sites for hydroxylation is 2. The number of aliphatic hydroxyl groups excluding tert-OH is 1. The third kappa shape index (κ3) is 6.55. The molecule has 0 fully saturated rings. The van der Waals surface area contributed by atoms with Crippen molar-refractivity contribution >= 4 is 33.3 Å². The van der Waals surface area contributed by atoms with Crippen LogP contribution in [0, 0.1) is 25.6 Å². The molecule has 0 radical (unpaired) electrons. The normalized spacial score (nSPS) is 18.1. The number of rotatable bonds is 8. The highest BCUT2D eigenvalue weighted by molar-refractivity contribution is 7.89. The van der Waals surface area contributed by atoms with Crippen molar-refractivity contribution in [1.29, 1.82) is 0 Å². The van der Waals surface area contributed by atoms with Gasteiger partial charge in [0.05, 0.1) is 29.7 Å². The van der Waals surface area contributed by atoms with Crippen molar-refractivity contribution in [2.75, 3.05) is 37.4 Å². The number of halogens is 1. The van der Waals surface area contributed by atoms with Crippen LogP contribution in [0.5, 0.6) is 5.75 Å². The number of benzene rings is 2. The zero-order valence-corrected chi connectivity index (χ0v) is 24.7. The van der Waals surface area contributed by atoms with Crippen LogP contribution in [-0.2, 0) is 10.0 Å². The molecule has 3 N–H and O–H groups in total. The van der Waals surface area contributed by atoms with Crippen molar-refractivity contribution in [3.05, 3.63) is 65.3 Å². The molecule has 14 heteroatoms. The molecular formula is C28H34FN5O7S. The summed E-state index contributed by atoms with van der Waals surface area (Å²) in [4.78, 5) is 27.8. The van der Waals surface area contributed by atoms with E-state index in [1.54, 1.807) is 26.8 Å². The van der Waals surface area contributed by atoms with Crippen molar-refractivity contribution in [2.45, 2.75) is 44.7 Å². The number of sulfonamides is 1. The second-order valence-electron chi connectivity index (χ2n) is 10.4. The zero-order valence-electron chi connectivity index (χ0n) is 23.9. The van der Waals surface area contributed by atoms with E-state index in [2.05, 4.69) is 15.8 Å². The second-order valence-corrected chi connectivity index (χ2v) is 12.4. The lowest BCUT2D eigenvalue weighted by Crippen LogP contribution is -2.50. The van der Waals surface area contributed by atoms with Crippen LogP contribution in [0.3, 0.4) is 0 Å². The SMILES string of the molecule is Cc1noc(C)c1NC(=O)Nc1ccc2c(c1)C(=O)N([C@H](C)CO)C[C@@H](C)[C@H](CN(C)S(=O)(=O)c1ccc(F)cc1)O2. The standard InChI is InChI=1S/C28H34FN5O7S/c1-16-13-34(17(2)15-35)27(36)23-12-21(30-28(37)31-26-18(3)32-41-19(26)4)8-11-24(23)40-25(16)14-33(5)42(38,39)22-9-6-20(29)7-10-22/h6-12,16-17,25,35H,13-15H2,1-5H3,(H2,30,31,37)/t16-,17-,25+/m1/s1. The summed E-state index contributed by atoms with van der Waals surface area (Å²) >= 11 is 0. The fourth-order valence-corrected chi connectivity index (χ4v) is 5.78. The fourth-order valence-electron chi connectivity index (χ4n) is 4.59. The van der Waals surface area contributed by atoms with Gasteiger partial charge in [-0.1, -0.05) is 12.1 Å². The van der Waals surface area contributed by atoms with E-state index in [4.69, 9.17) is 9.26 Å². The number of fused-ring (bicyclic) bond motifs is 1. The van der Waals surface area contributed by atoms with E-state index in [1.807, 2.05) is 6.92 Å². The Morgan fingerprint density at radius 1 is 1.21 bits per heavy atom. The lowest BCUT2D eigenvalue weighted by atomic mass is 9.99. The maximum absolute atomic E-state index is 13.7. The number of nitrogens with zero attached hydrogens (tertiary/aromatic N) is 3. The summed E-state index contributed by atoms with van der Waals surface area (Å²) in [5.74, 6) is -0.692. The molecule has 2 aromatic carbocycles. The van der Waals surface area contributed by atoms with E-state index >= 15 is 0 Å². The lowest BCUT2D eigenvalue weighted by molar-refractivity contribution is 0.0387. The minimum atomic E-state index is -3.97. The number of ether oxygens (including phenoxy) is 1. The molecule has 3 amide bonds. The molecule has 1 aliphatic rings. The van der Waals surface area contributed by atoms with Gasteiger partial charge in [-0.2, -0.15) is 4.31 Å². The van der Waals surface area contributed by atoms with Crippen LogP contribution in [-0.4, -0.2) is 78.7 Å². The lowest BCUT2D eigenvalue weighted by Gasteiger charge is -2.38. The first-order valence-electron chi connectivity index (χ1n) is 13.3. The molecule has 3 atom stereocenters. The van der Waals surface area contributed by atoms with Gasteiger partial charge in [-0.25, -0.2) is 17.6 Å². The van der Waals surface area contributed by atoms with Gasteiger partial charge in [0.25, 0.3) is 5.91 Å². The number of aromatic nitrogens is 1. The first-order valence-corrected chi connectivity index (χ1v) is 14.7. The molecule has 1 aliphatic heterocycles. The van der Waals surface area contributed by atoms with Crippen LogP contribution < -0.4 is 15.4 Å². The van der Waals surface area contributed by atoms with E-state index in [9.17, 15) is 27.5 Å². The van der Waals surface area contributed by atoms with Crippen molar-refractivity contribution in [3.8, 4) is 5.75 Å². The molecule has 12 nitrogen and oxygen atoms in total. The Hall–Kier alpha value is -4.01. The third-order valence-corrected chi connectivity index (χ3v) is 8.99. The Bertz CT molecular complexity index is 1540. The molecule has 3 aromatic rings. The Morgan fingerprint density at radius 2 is 1.90 bits per heavy atom. The number of carbonyl (C=O) groups is 2. The van der Waals surface area contributed by atoms with Crippen LogP contribution in [0.2, 0.25) is 0 Å². The zero-order chi connectivity index (χ0) is 30.8. The molecule has 1 aromatic heterocycles. The summed E-state index contributed by atoms with van der Waals surface area (Å²) in [5, 5.41) is 19.0.